The summed E-state index contributed by atoms with van der Waals surface area (Å²) >= 11 is 0. The van der Waals surface area contributed by atoms with Gasteiger partial charge in [-0.3, -0.25) is 4.90 Å². The number of piperazine rings is 1. The number of anilines is 3. The Morgan fingerprint density at radius 3 is 2.50 bits per heavy atom. The van der Waals surface area contributed by atoms with Gasteiger partial charge in [0.15, 0.2) is 0 Å². The maximum absolute atomic E-state index is 14.0. The number of benzene rings is 1. The van der Waals surface area contributed by atoms with Crippen molar-refractivity contribution in [3.05, 3.63) is 42.3 Å². The van der Waals surface area contributed by atoms with Gasteiger partial charge in [-0.15, -0.1) is 0 Å². The highest BCUT2D eigenvalue weighted by molar-refractivity contribution is 5.51. The maximum atomic E-state index is 14.0. The third-order valence-corrected chi connectivity index (χ3v) is 5.25. The maximum Gasteiger partial charge on any atom is 0.224 e. The molecule has 2 saturated heterocycles. The summed E-state index contributed by atoms with van der Waals surface area (Å²) in [4.78, 5) is 15.7. The Morgan fingerprint density at radius 1 is 0.964 bits per heavy atom. The summed E-state index contributed by atoms with van der Waals surface area (Å²) < 4.78 is 19.4. The molecule has 1 aromatic heterocycles. The van der Waals surface area contributed by atoms with Gasteiger partial charge in [-0.1, -0.05) is 12.1 Å². The second kappa shape index (κ2) is 9.16. The highest BCUT2D eigenvalue weighted by Crippen LogP contribution is 2.22. The minimum Gasteiger partial charge on any atom is -0.379 e. The van der Waals surface area contributed by atoms with Crippen LogP contribution in [0.5, 0.6) is 0 Å². The van der Waals surface area contributed by atoms with Crippen molar-refractivity contribution < 1.29 is 9.13 Å². The quantitative estimate of drug-likeness (QED) is 0.811. The zero-order chi connectivity index (χ0) is 19.2. The molecule has 4 rings (SSSR count). The van der Waals surface area contributed by atoms with Crippen LogP contribution in [-0.2, 0) is 4.74 Å². The fourth-order valence-corrected chi connectivity index (χ4v) is 3.65. The van der Waals surface area contributed by atoms with Gasteiger partial charge in [0.25, 0.3) is 0 Å². The van der Waals surface area contributed by atoms with E-state index in [1.54, 1.807) is 12.3 Å². The molecule has 2 aliphatic rings. The predicted octanol–water partition coefficient (Wildman–Crippen LogP) is 1.69. The molecular formula is C20H27FN6O. The second-order valence-corrected chi connectivity index (χ2v) is 7.04. The first kappa shape index (κ1) is 18.9. The fraction of sp³-hybridized carbons (Fsp3) is 0.500. The summed E-state index contributed by atoms with van der Waals surface area (Å²) in [5, 5.41) is 3.32. The lowest BCUT2D eigenvalue weighted by atomic mass is 10.2. The number of para-hydroxylation sites is 1. The SMILES string of the molecule is Fc1ccccc1N1CCN(c2ccnc(NCCN3CCOCC3)n2)CC1. The average Bonchev–Trinajstić information content (AvgIpc) is 2.75. The molecule has 3 heterocycles. The van der Waals surface area contributed by atoms with Crippen molar-refractivity contribution in [3.8, 4) is 0 Å². The average molecular weight is 386 g/mol. The van der Waals surface area contributed by atoms with Gasteiger partial charge >= 0.3 is 0 Å². The van der Waals surface area contributed by atoms with Gasteiger partial charge in [0.2, 0.25) is 5.95 Å². The lowest BCUT2D eigenvalue weighted by Crippen LogP contribution is -2.47. The molecule has 8 heteroatoms. The van der Waals surface area contributed by atoms with E-state index < -0.39 is 0 Å². The molecule has 0 spiro atoms. The van der Waals surface area contributed by atoms with E-state index in [9.17, 15) is 4.39 Å². The second-order valence-electron chi connectivity index (χ2n) is 7.04. The molecular weight excluding hydrogens is 359 g/mol. The van der Waals surface area contributed by atoms with Crippen LogP contribution in [0.2, 0.25) is 0 Å². The van der Waals surface area contributed by atoms with Crippen molar-refractivity contribution in [2.24, 2.45) is 0 Å². The molecule has 0 aliphatic carbocycles. The third-order valence-electron chi connectivity index (χ3n) is 5.25. The predicted molar refractivity (Wildman–Crippen MR) is 109 cm³/mol. The van der Waals surface area contributed by atoms with Crippen LogP contribution in [0.15, 0.2) is 36.5 Å². The Balaban J connectivity index is 1.29. The van der Waals surface area contributed by atoms with E-state index in [1.165, 1.54) is 6.07 Å². The van der Waals surface area contributed by atoms with E-state index in [0.29, 0.717) is 11.6 Å². The highest BCUT2D eigenvalue weighted by atomic mass is 19.1. The van der Waals surface area contributed by atoms with Gasteiger partial charge in [-0.2, -0.15) is 4.98 Å². The molecule has 1 N–H and O–H groups in total. The zero-order valence-corrected chi connectivity index (χ0v) is 16.1. The van der Waals surface area contributed by atoms with Crippen LogP contribution < -0.4 is 15.1 Å². The largest absolute Gasteiger partial charge is 0.379 e. The lowest BCUT2D eigenvalue weighted by Gasteiger charge is -2.36. The molecule has 2 aliphatic heterocycles. The van der Waals surface area contributed by atoms with Crippen molar-refractivity contribution in [2.45, 2.75) is 0 Å². The van der Waals surface area contributed by atoms with E-state index in [4.69, 9.17) is 4.74 Å². The van der Waals surface area contributed by atoms with Gasteiger partial charge in [-0.05, 0) is 18.2 Å². The van der Waals surface area contributed by atoms with Crippen molar-refractivity contribution >= 4 is 17.5 Å². The topological polar surface area (TPSA) is 56.8 Å². The number of halogens is 1. The van der Waals surface area contributed by atoms with Crippen LogP contribution in [0, 0.1) is 5.82 Å². The first-order valence-electron chi connectivity index (χ1n) is 9.91. The standard InChI is InChI=1S/C20H27FN6O/c21-17-3-1-2-4-18(17)26-9-11-27(12-10-26)19-5-6-22-20(24-19)23-7-8-25-13-15-28-16-14-25/h1-6H,7-16H2,(H,22,23,24). The Morgan fingerprint density at radius 2 is 1.71 bits per heavy atom. The van der Waals surface area contributed by atoms with Crippen LogP contribution in [0.1, 0.15) is 0 Å². The molecule has 0 saturated carbocycles. The Kier molecular flexibility index (Phi) is 6.18. The third kappa shape index (κ3) is 4.69. The summed E-state index contributed by atoms with van der Waals surface area (Å²) in [6.45, 7) is 8.49. The molecule has 28 heavy (non-hydrogen) atoms. The number of nitrogens with zero attached hydrogens (tertiary/aromatic N) is 5. The monoisotopic (exact) mass is 386 g/mol. The Labute approximate surface area is 165 Å². The molecule has 7 nitrogen and oxygen atoms in total. The van der Waals surface area contributed by atoms with Gasteiger partial charge in [0, 0.05) is 58.6 Å². The van der Waals surface area contributed by atoms with E-state index >= 15 is 0 Å². The van der Waals surface area contributed by atoms with Crippen LogP contribution in [0.3, 0.4) is 0 Å². The van der Waals surface area contributed by atoms with Gasteiger partial charge in [0.1, 0.15) is 11.6 Å². The molecule has 0 radical (unpaired) electrons. The molecule has 0 atom stereocenters. The number of nitrogens with one attached hydrogen (secondary N) is 1. The van der Waals surface area contributed by atoms with Crippen LogP contribution in [0.4, 0.5) is 21.8 Å². The summed E-state index contributed by atoms with van der Waals surface area (Å²) in [5.74, 6) is 1.41. The number of aromatic nitrogens is 2. The number of morpholine rings is 1. The molecule has 150 valence electrons. The van der Waals surface area contributed by atoms with Crippen LogP contribution >= 0.6 is 0 Å². The van der Waals surface area contributed by atoms with Crippen molar-refractivity contribution in [1.82, 2.24) is 14.9 Å². The number of hydrogen-bond acceptors (Lipinski definition) is 7. The first-order chi connectivity index (χ1) is 13.8. The smallest absolute Gasteiger partial charge is 0.224 e. The summed E-state index contributed by atoms with van der Waals surface area (Å²) in [7, 11) is 0. The minimum absolute atomic E-state index is 0.162. The van der Waals surface area contributed by atoms with Crippen molar-refractivity contribution in [3.63, 3.8) is 0 Å². The molecule has 0 bridgehead atoms. The van der Waals surface area contributed by atoms with Crippen molar-refractivity contribution in [2.75, 3.05) is 80.7 Å². The van der Waals surface area contributed by atoms with Crippen LogP contribution in [0.25, 0.3) is 0 Å². The van der Waals surface area contributed by atoms with E-state index in [-0.39, 0.29) is 5.82 Å². The molecule has 2 aromatic rings. The van der Waals surface area contributed by atoms with Gasteiger partial charge < -0.3 is 19.9 Å². The highest BCUT2D eigenvalue weighted by Gasteiger charge is 2.20. The first-order valence-corrected chi connectivity index (χ1v) is 9.91. The summed E-state index contributed by atoms with van der Waals surface area (Å²) in [6, 6.07) is 8.90. The Bertz CT molecular complexity index is 762. The lowest BCUT2D eigenvalue weighted by molar-refractivity contribution is 0.0398. The molecule has 0 amide bonds. The fourth-order valence-electron chi connectivity index (χ4n) is 3.65. The zero-order valence-electron chi connectivity index (χ0n) is 16.1. The van der Waals surface area contributed by atoms with Gasteiger partial charge in [0.05, 0.1) is 18.9 Å². The molecule has 0 unspecified atom stereocenters. The van der Waals surface area contributed by atoms with E-state index in [0.717, 1.165) is 71.4 Å². The summed E-state index contributed by atoms with van der Waals surface area (Å²) in [6.07, 6.45) is 1.79. The van der Waals surface area contributed by atoms with Gasteiger partial charge in [-0.25, -0.2) is 9.37 Å². The van der Waals surface area contributed by atoms with E-state index in [1.807, 2.05) is 18.2 Å². The number of ether oxygens (including phenoxy) is 1. The number of rotatable bonds is 6. The number of hydrogen-bond donors (Lipinski definition) is 1. The van der Waals surface area contributed by atoms with E-state index in [2.05, 4.69) is 30.0 Å². The molecule has 1 aromatic carbocycles. The Hall–Kier alpha value is -2.45. The summed E-state index contributed by atoms with van der Waals surface area (Å²) in [5.41, 5.74) is 0.676. The van der Waals surface area contributed by atoms with Crippen LogP contribution in [-0.4, -0.2) is 80.4 Å². The normalized spacial score (nSPS) is 18.3. The van der Waals surface area contributed by atoms with Crippen molar-refractivity contribution in [1.29, 1.82) is 0 Å². The molecule has 2 fully saturated rings. The minimum atomic E-state index is -0.162.